The van der Waals surface area contributed by atoms with Gasteiger partial charge in [-0.3, -0.25) is 5.84 Å². The van der Waals surface area contributed by atoms with E-state index in [0.717, 1.165) is 4.90 Å². The van der Waals surface area contributed by atoms with E-state index < -0.39 is 0 Å². The van der Waals surface area contributed by atoms with E-state index in [-0.39, 0.29) is 16.5 Å². The van der Waals surface area contributed by atoms with Crippen LogP contribution in [0.5, 0.6) is 11.5 Å². The Kier molecular flexibility index (Phi) is 5.91. The molecule has 0 spiro atoms. The van der Waals surface area contributed by atoms with Crippen molar-refractivity contribution < 1.29 is 4.74 Å². The number of rotatable bonds is 5. The molecule has 116 valence electrons. The third kappa shape index (κ3) is 4.25. The average molecular weight is 379 g/mol. The Labute approximate surface area is 146 Å². The van der Waals surface area contributed by atoms with Gasteiger partial charge in [0.1, 0.15) is 11.4 Å². The summed E-state index contributed by atoms with van der Waals surface area (Å²) in [6.45, 7) is 0. The molecule has 0 saturated heterocycles. The van der Waals surface area contributed by atoms with Crippen LogP contribution in [0.4, 0.5) is 5.69 Å². The molecule has 2 rings (SSSR count). The van der Waals surface area contributed by atoms with Crippen molar-refractivity contribution in [2.75, 3.05) is 7.05 Å². The van der Waals surface area contributed by atoms with E-state index in [0.29, 0.717) is 15.8 Å². The number of nitroso groups, excluding NO2 is 1. The van der Waals surface area contributed by atoms with Crippen molar-refractivity contribution in [1.29, 1.82) is 0 Å². The highest BCUT2D eigenvalue weighted by Crippen LogP contribution is 2.42. The molecule has 0 aliphatic carbocycles. The molecule has 22 heavy (non-hydrogen) atoms. The molecule has 0 radical (unpaired) electrons. The molecule has 2 N–H and O–H groups in total. The lowest BCUT2D eigenvalue weighted by molar-refractivity contribution is 0.483. The minimum Gasteiger partial charge on any atom is -0.453 e. The van der Waals surface area contributed by atoms with E-state index in [1.165, 1.54) is 34.6 Å². The normalized spacial score (nSPS) is 10.8. The molecular formula is C13H10Cl3N3O2S. The Balaban J connectivity index is 2.32. The number of benzene rings is 2. The van der Waals surface area contributed by atoms with E-state index in [4.69, 9.17) is 45.4 Å². The van der Waals surface area contributed by atoms with Crippen LogP contribution in [0, 0.1) is 4.91 Å². The molecule has 0 amide bonds. The van der Waals surface area contributed by atoms with Crippen LogP contribution in [0.2, 0.25) is 15.1 Å². The van der Waals surface area contributed by atoms with Crippen LogP contribution in [-0.4, -0.2) is 11.5 Å². The maximum Gasteiger partial charge on any atom is 0.164 e. The molecule has 0 fully saturated rings. The fourth-order valence-corrected chi connectivity index (χ4v) is 3.17. The van der Waals surface area contributed by atoms with Crippen molar-refractivity contribution in [3.63, 3.8) is 0 Å². The second-order valence-corrected chi connectivity index (χ2v) is 6.61. The monoisotopic (exact) mass is 377 g/mol. The minimum atomic E-state index is 0.201. The summed E-state index contributed by atoms with van der Waals surface area (Å²) in [5.74, 6) is 6.14. The van der Waals surface area contributed by atoms with Gasteiger partial charge < -0.3 is 4.74 Å². The summed E-state index contributed by atoms with van der Waals surface area (Å²) in [6.07, 6.45) is 0. The molecule has 0 atom stereocenters. The summed E-state index contributed by atoms with van der Waals surface area (Å²) in [5.41, 5.74) is 0.201. The van der Waals surface area contributed by atoms with E-state index in [1.807, 2.05) is 0 Å². The quantitative estimate of drug-likeness (QED) is 0.315. The number of hydrogen-bond donors (Lipinski definition) is 1. The van der Waals surface area contributed by atoms with Gasteiger partial charge in [0.2, 0.25) is 0 Å². The highest BCUT2D eigenvalue weighted by atomic mass is 35.5. The van der Waals surface area contributed by atoms with Crippen LogP contribution in [0.25, 0.3) is 0 Å². The Hall–Kier alpha value is -1.02. The van der Waals surface area contributed by atoms with Gasteiger partial charge in [-0.2, -0.15) is 4.41 Å². The van der Waals surface area contributed by atoms with E-state index in [1.54, 1.807) is 19.2 Å². The van der Waals surface area contributed by atoms with Crippen molar-refractivity contribution in [1.82, 2.24) is 4.41 Å². The Morgan fingerprint density at radius 3 is 2.27 bits per heavy atom. The van der Waals surface area contributed by atoms with Gasteiger partial charge in [0.25, 0.3) is 0 Å². The molecule has 9 heteroatoms. The van der Waals surface area contributed by atoms with Gasteiger partial charge in [-0.1, -0.05) is 34.8 Å². The summed E-state index contributed by atoms with van der Waals surface area (Å²) < 4.78 is 7.06. The second kappa shape index (κ2) is 7.50. The Bertz CT molecular complexity index is 690. The van der Waals surface area contributed by atoms with Crippen LogP contribution in [0.3, 0.4) is 0 Å². The average Bonchev–Trinajstić information content (AvgIpc) is 2.43. The lowest BCUT2D eigenvalue weighted by Crippen LogP contribution is -2.16. The highest BCUT2D eigenvalue weighted by molar-refractivity contribution is 7.97. The van der Waals surface area contributed by atoms with E-state index >= 15 is 0 Å². The van der Waals surface area contributed by atoms with Crippen LogP contribution in [0.1, 0.15) is 0 Å². The van der Waals surface area contributed by atoms with E-state index in [2.05, 4.69) is 5.18 Å². The first-order chi connectivity index (χ1) is 10.4. The molecule has 0 aliphatic heterocycles. The van der Waals surface area contributed by atoms with Crippen LogP contribution in [-0.2, 0) is 0 Å². The molecule has 2 aromatic carbocycles. The van der Waals surface area contributed by atoms with Crippen LogP contribution in [0.15, 0.2) is 40.4 Å². The Morgan fingerprint density at radius 2 is 1.77 bits per heavy atom. The number of ether oxygens (including phenoxy) is 1. The van der Waals surface area contributed by atoms with Gasteiger partial charge in [-0.25, -0.2) is 0 Å². The van der Waals surface area contributed by atoms with Crippen molar-refractivity contribution in [3.8, 4) is 11.5 Å². The molecule has 0 aromatic heterocycles. The molecule has 0 bridgehead atoms. The first-order valence-corrected chi connectivity index (χ1v) is 7.77. The standard InChI is InChI=1S/C13H10Cl3N3O2S/c1-19(17)22-8-5-10(15)13(11(16)6-8)21-12-3-2-7(18-20)4-9(12)14/h2-6H,17H2,1H3. The third-order valence-corrected chi connectivity index (χ3v) is 4.05. The molecule has 0 unspecified atom stereocenters. The smallest absolute Gasteiger partial charge is 0.164 e. The highest BCUT2D eigenvalue weighted by Gasteiger charge is 2.14. The summed E-state index contributed by atoms with van der Waals surface area (Å²) in [6, 6.07) is 7.73. The number of halogens is 3. The van der Waals surface area contributed by atoms with Gasteiger partial charge in [0, 0.05) is 11.9 Å². The first-order valence-electron chi connectivity index (χ1n) is 5.87. The fourth-order valence-electron chi connectivity index (χ4n) is 1.59. The van der Waals surface area contributed by atoms with Gasteiger partial charge in [-0.15, -0.1) is 4.91 Å². The number of nitrogens with zero attached hydrogens (tertiary/aromatic N) is 2. The zero-order chi connectivity index (χ0) is 16.3. The number of hydrogen-bond acceptors (Lipinski definition) is 6. The van der Waals surface area contributed by atoms with Crippen molar-refractivity contribution in [3.05, 3.63) is 50.3 Å². The minimum absolute atomic E-state index is 0.201. The summed E-state index contributed by atoms with van der Waals surface area (Å²) in [5, 5.41) is 3.64. The van der Waals surface area contributed by atoms with Gasteiger partial charge >= 0.3 is 0 Å². The topological polar surface area (TPSA) is 67.9 Å². The van der Waals surface area contributed by atoms with Crippen LogP contribution < -0.4 is 10.6 Å². The molecular weight excluding hydrogens is 369 g/mol. The van der Waals surface area contributed by atoms with Gasteiger partial charge in [-0.05, 0) is 47.5 Å². The zero-order valence-electron chi connectivity index (χ0n) is 11.2. The molecule has 5 nitrogen and oxygen atoms in total. The first kappa shape index (κ1) is 17.3. The largest absolute Gasteiger partial charge is 0.453 e. The number of hydrazine groups is 1. The maximum atomic E-state index is 10.5. The fraction of sp³-hybridized carbons (Fsp3) is 0.0769. The predicted molar refractivity (Wildman–Crippen MR) is 91.3 cm³/mol. The Morgan fingerprint density at radius 1 is 1.14 bits per heavy atom. The van der Waals surface area contributed by atoms with Gasteiger partial charge in [0.15, 0.2) is 5.75 Å². The molecule has 2 aromatic rings. The number of nitrogens with two attached hydrogens (primary N) is 1. The molecule has 0 heterocycles. The predicted octanol–water partition coefficient (Wildman–Crippen LogP) is 5.65. The lowest BCUT2D eigenvalue weighted by Gasteiger charge is -2.14. The van der Waals surface area contributed by atoms with Crippen LogP contribution >= 0.6 is 46.8 Å². The molecule has 0 aliphatic rings. The van der Waals surface area contributed by atoms with Crippen molar-refractivity contribution in [2.45, 2.75) is 4.90 Å². The van der Waals surface area contributed by atoms with Gasteiger partial charge in [0.05, 0.1) is 15.1 Å². The second-order valence-electron chi connectivity index (χ2n) is 4.16. The van der Waals surface area contributed by atoms with Crippen molar-refractivity contribution >= 4 is 52.4 Å². The SMILES string of the molecule is CN(N)Sc1cc(Cl)c(Oc2ccc(N=O)cc2Cl)c(Cl)c1. The third-order valence-electron chi connectivity index (χ3n) is 2.45. The summed E-state index contributed by atoms with van der Waals surface area (Å²) in [4.78, 5) is 11.2. The molecule has 0 saturated carbocycles. The lowest BCUT2D eigenvalue weighted by atomic mass is 10.3. The zero-order valence-corrected chi connectivity index (χ0v) is 14.3. The maximum absolute atomic E-state index is 10.5. The summed E-state index contributed by atoms with van der Waals surface area (Å²) >= 11 is 19.7. The van der Waals surface area contributed by atoms with E-state index in [9.17, 15) is 4.91 Å². The summed E-state index contributed by atoms with van der Waals surface area (Å²) in [7, 11) is 1.69. The van der Waals surface area contributed by atoms with Crippen molar-refractivity contribution in [2.24, 2.45) is 11.0 Å².